The second-order valence-corrected chi connectivity index (χ2v) is 16.2. The van der Waals surface area contributed by atoms with E-state index in [1.54, 1.807) is 51.0 Å². The van der Waals surface area contributed by atoms with E-state index < -0.39 is 27.2 Å². The molecule has 0 atom stereocenters. The maximum absolute atomic E-state index is 13.6. The molecule has 1 aliphatic carbocycles. The van der Waals surface area contributed by atoms with Crippen molar-refractivity contribution in [3.63, 3.8) is 0 Å². The molecule has 3 aromatic rings. The molecule has 12 heteroatoms. The third kappa shape index (κ3) is 9.75. The van der Waals surface area contributed by atoms with Crippen molar-refractivity contribution in [1.82, 2.24) is 19.9 Å². The van der Waals surface area contributed by atoms with Gasteiger partial charge in [-0.2, -0.15) is 0 Å². The monoisotopic (exact) mass is 655 g/mol. The SMILES string of the molecule is CN(C(=O)OC(C)(C)C)C1CCC(c2ncc(-c3ccc(NC(=O)NCc4ccccc4)cc3S(=O)(=O)NC(C)(C)C)s2)CC1. The number of hydrogen-bond donors (Lipinski definition) is 3. The van der Waals surface area contributed by atoms with Crippen LogP contribution in [0.15, 0.2) is 59.6 Å². The van der Waals surface area contributed by atoms with Crippen molar-refractivity contribution in [2.24, 2.45) is 0 Å². The lowest BCUT2D eigenvalue weighted by atomic mass is 9.86. The number of rotatable bonds is 8. The van der Waals surface area contributed by atoms with Crippen LogP contribution in [-0.4, -0.2) is 54.7 Å². The van der Waals surface area contributed by atoms with Gasteiger partial charge in [0.25, 0.3) is 0 Å². The fourth-order valence-electron chi connectivity index (χ4n) is 5.23. The number of thiazole rings is 1. The molecular weight excluding hydrogens is 611 g/mol. The molecule has 3 amide bonds. The van der Waals surface area contributed by atoms with Crippen LogP contribution in [0.5, 0.6) is 0 Å². The van der Waals surface area contributed by atoms with Gasteiger partial charge in [-0.25, -0.2) is 27.7 Å². The van der Waals surface area contributed by atoms with Gasteiger partial charge in [-0.05, 0) is 84.9 Å². The quantitative estimate of drug-likeness (QED) is 0.237. The number of urea groups is 1. The first-order valence-corrected chi connectivity index (χ1v) is 17.5. The number of amides is 3. The highest BCUT2D eigenvalue weighted by Crippen LogP contribution is 2.40. The molecule has 1 saturated carbocycles. The van der Waals surface area contributed by atoms with Gasteiger partial charge in [-0.15, -0.1) is 11.3 Å². The Morgan fingerprint density at radius 3 is 2.29 bits per heavy atom. The van der Waals surface area contributed by atoms with E-state index in [4.69, 9.17) is 9.72 Å². The van der Waals surface area contributed by atoms with Crippen LogP contribution >= 0.6 is 11.3 Å². The number of sulfonamides is 1. The molecule has 0 aliphatic heterocycles. The minimum Gasteiger partial charge on any atom is -0.444 e. The van der Waals surface area contributed by atoms with Crippen LogP contribution in [0.4, 0.5) is 15.3 Å². The first-order valence-electron chi connectivity index (χ1n) is 15.2. The molecule has 1 aromatic heterocycles. The summed E-state index contributed by atoms with van der Waals surface area (Å²) in [5.41, 5.74) is 0.568. The number of aromatic nitrogens is 1. The average molecular weight is 656 g/mol. The van der Waals surface area contributed by atoms with Crippen LogP contribution < -0.4 is 15.4 Å². The summed E-state index contributed by atoms with van der Waals surface area (Å²) in [5, 5.41) is 6.51. The van der Waals surface area contributed by atoms with Crippen LogP contribution in [0.25, 0.3) is 10.4 Å². The minimum atomic E-state index is -3.96. The number of carbonyl (C=O) groups excluding carboxylic acids is 2. The highest BCUT2D eigenvalue weighted by atomic mass is 32.2. The molecule has 244 valence electrons. The summed E-state index contributed by atoms with van der Waals surface area (Å²) in [6.07, 6.45) is 4.80. The van der Waals surface area contributed by atoms with Crippen molar-refractivity contribution in [2.75, 3.05) is 12.4 Å². The molecular formula is C33H45N5O5S2. The highest BCUT2D eigenvalue weighted by molar-refractivity contribution is 7.89. The van der Waals surface area contributed by atoms with Crippen LogP contribution in [0.3, 0.4) is 0 Å². The van der Waals surface area contributed by atoms with Crippen molar-refractivity contribution in [3.05, 3.63) is 65.3 Å². The zero-order valence-electron chi connectivity index (χ0n) is 27.1. The lowest BCUT2D eigenvalue weighted by Crippen LogP contribution is -2.42. The molecule has 0 bridgehead atoms. The number of nitrogens with zero attached hydrogens (tertiary/aromatic N) is 2. The number of ether oxygens (including phenoxy) is 1. The fraction of sp³-hybridized carbons (Fsp3) is 0.485. The van der Waals surface area contributed by atoms with E-state index >= 15 is 0 Å². The predicted octanol–water partition coefficient (Wildman–Crippen LogP) is 7.10. The second-order valence-electron chi connectivity index (χ2n) is 13.5. The third-order valence-corrected chi connectivity index (χ3v) is 10.3. The molecule has 1 heterocycles. The molecule has 0 radical (unpaired) electrons. The van der Waals surface area contributed by atoms with Gasteiger partial charge in [0.2, 0.25) is 10.0 Å². The Hall–Kier alpha value is -3.48. The Balaban J connectivity index is 1.51. The topological polar surface area (TPSA) is 130 Å². The molecule has 45 heavy (non-hydrogen) atoms. The predicted molar refractivity (Wildman–Crippen MR) is 179 cm³/mol. The number of hydrogen-bond acceptors (Lipinski definition) is 7. The summed E-state index contributed by atoms with van der Waals surface area (Å²) in [5.74, 6) is 0.217. The minimum absolute atomic E-state index is 0.0659. The molecule has 4 rings (SSSR count). The van der Waals surface area contributed by atoms with Gasteiger partial charge in [0.1, 0.15) is 5.60 Å². The van der Waals surface area contributed by atoms with Crippen LogP contribution in [0, 0.1) is 0 Å². The van der Waals surface area contributed by atoms with Gasteiger partial charge in [0.15, 0.2) is 0 Å². The zero-order chi connectivity index (χ0) is 33.0. The van der Waals surface area contributed by atoms with Gasteiger partial charge in [0, 0.05) is 48.5 Å². The Bertz CT molecular complexity index is 1590. The fourth-order valence-corrected chi connectivity index (χ4v) is 8.09. The van der Waals surface area contributed by atoms with E-state index in [0.717, 1.165) is 41.1 Å². The molecule has 10 nitrogen and oxygen atoms in total. The van der Waals surface area contributed by atoms with Crippen molar-refractivity contribution in [2.45, 2.75) is 102 Å². The standard InChI is InChI=1S/C33H45N5O5S2/c1-32(2,3)37-45(41,42)28-19-24(36-30(39)35-20-22-11-9-8-10-12-22)15-18-26(28)27-21-34-29(44-27)23-13-16-25(17-14-23)38(7)31(40)43-33(4,5)6/h8-12,15,18-19,21,23,25,37H,13-14,16-17,20H2,1-7H3,(H2,35,36,39). The summed E-state index contributed by atoms with van der Waals surface area (Å²) in [7, 11) is -2.16. The Morgan fingerprint density at radius 2 is 1.67 bits per heavy atom. The molecule has 1 aliphatic rings. The van der Waals surface area contributed by atoms with Crippen molar-refractivity contribution in [3.8, 4) is 10.4 Å². The maximum atomic E-state index is 13.6. The van der Waals surface area contributed by atoms with Gasteiger partial charge in [-0.1, -0.05) is 36.4 Å². The number of carbonyl (C=O) groups is 2. The molecule has 3 N–H and O–H groups in total. The van der Waals surface area contributed by atoms with Crippen LogP contribution in [0.1, 0.15) is 83.7 Å². The Morgan fingerprint density at radius 1 is 1.00 bits per heavy atom. The summed E-state index contributed by atoms with van der Waals surface area (Å²) >= 11 is 1.48. The number of anilines is 1. The largest absolute Gasteiger partial charge is 0.444 e. The van der Waals surface area contributed by atoms with Crippen molar-refractivity contribution in [1.29, 1.82) is 0 Å². The van der Waals surface area contributed by atoms with E-state index in [-0.39, 0.29) is 22.9 Å². The smallest absolute Gasteiger partial charge is 0.410 e. The van der Waals surface area contributed by atoms with E-state index in [0.29, 0.717) is 17.8 Å². The summed E-state index contributed by atoms with van der Waals surface area (Å²) in [6.45, 7) is 11.3. The molecule has 0 unspecified atom stereocenters. The van der Waals surface area contributed by atoms with E-state index in [1.807, 2.05) is 51.1 Å². The van der Waals surface area contributed by atoms with Crippen molar-refractivity contribution < 1.29 is 22.7 Å². The lowest BCUT2D eigenvalue weighted by Gasteiger charge is -2.35. The normalized spacial score (nSPS) is 17.4. The van der Waals surface area contributed by atoms with Gasteiger partial charge < -0.3 is 20.3 Å². The molecule has 0 saturated heterocycles. The van der Waals surface area contributed by atoms with Gasteiger partial charge >= 0.3 is 12.1 Å². The Kier molecular flexibility index (Phi) is 10.6. The second kappa shape index (κ2) is 13.9. The first-order chi connectivity index (χ1) is 21.0. The van der Waals surface area contributed by atoms with Crippen LogP contribution in [0.2, 0.25) is 0 Å². The molecule has 2 aromatic carbocycles. The van der Waals surface area contributed by atoms with E-state index in [2.05, 4.69) is 15.4 Å². The molecule has 0 spiro atoms. The maximum Gasteiger partial charge on any atom is 0.410 e. The summed E-state index contributed by atoms with van der Waals surface area (Å²) in [4.78, 5) is 32.4. The first kappa shape index (κ1) is 34.4. The van der Waals surface area contributed by atoms with E-state index in [1.165, 1.54) is 17.4 Å². The van der Waals surface area contributed by atoms with Crippen LogP contribution in [-0.2, 0) is 21.3 Å². The van der Waals surface area contributed by atoms with Gasteiger partial charge in [0.05, 0.1) is 14.8 Å². The highest BCUT2D eigenvalue weighted by Gasteiger charge is 2.32. The lowest BCUT2D eigenvalue weighted by molar-refractivity contribution is 0.0183. The van der Waals surface area contributed by atoms with Crippen molar-refractivity contribution >= 4 is 39.2 Å². The zero-order valence-corrected chi connectivity index (χ0v) is 28.8. The third-order valence-electron chi connectivity index (χ3n) is 7.33. The molecule has 1 fully saturated rings. The van der Waals surface area contributed by atoms with E-state index in [9.17, 15) is 18.0 Å². The summed E-state index contributed by atoms with van der Waals surface area (Å²) < 4.78 is 35.6. The Labute approximate surface area is 271 Å². The number of benzene rings is 2. The van der Waals surface area contributed by atoms with Gasteiger partial charge in [-0.3, -0.25) is 0 Å². The average Bonchev–Trinajstić information content (AvgIpc) is 3.44. The number of nitrogens with one attached hydrogen (secondary N) is 3. The summed E-state index contributed by atoms with van der Waals surface area (Å²) in [6, 6.07) is 14.1.